The van der Waals surface area contributed by atoms with Crippen molar-refractivity contribution < 1.29 is 37.3 Å². The van der Waals surface area contributed by atoms with Gasteiger partial charge in [-0.1, -0.05) is 30.3 Å². The molecule has 1 heterocycles. The highest BCUT2D eigenvalue weighted by Gasteiger charge is 2.47. The minimum Gasteiger partial charge on any atom is -0.507 e. The van der Waals surface area contributed by atoms with Gasteiger partial charge in [-0.2, -0.15) is 0 Å². The third-order valence-electron chi connectivity index (χ3n) is 5.60. The monoisotopic (exact) mass is 483 g/mol. The van der Waals surface area contributed by atoms with E-state index in [0.717, 1.165) is 17.0 Å². The van der Waals surface area contributed by atoms with E-state index >= 15 is 0 Å². The van der Waals surface area contributed by atoms with Gasteiger partial charge in [-0.3, -0.25) is 14.5 Å². The Morgan fingerprint density at radius 1 is 0.943 bits per heavy atom. The van der Waals surface area contributed by atoms with Crippen molar-refractivity contribution in [3.8, 4) is 11.5 Å². The van der Waals surface area contributed by atoms with Gasteiger partial charge in [0, 0.05) is 11.3 Å². The molecule has 1 aliphatic heterocycles. The number of ketones is 1. The first-order chi connectivity index (χ1) is 16.6. The molecule has 0 aliphatic carbocycles. The largest absolute Gasteiger partial charge is 0.573 e. The summed E-state index contributed by atoms with van der Waals surface area (Å²) < 4.78 is 46.7. The molecule has 0 bridgehead atoms. The molecule has 3 aromatic rings. The molecule has 1 unspecified atom stereocenters. The highest BCUT2D eigenvalue weighted by molar-refractivity contribution is 6.51. The highest BCUT2D eigenvalue weighted by atomic mass is 19.4. The fraction of sp³-hybridized carbons (Fsp3) is 0.154. The average molecular weight is 483 g/mol. The lowest BCUT2D eigenvalue weighted by Crippen LogP contribution is -2.29. The van der Waals surface area contributed by atoms with Crippen molar-refractivity contribution in [3.05, 3.63) is 95.1 Å². The van der Waals surface area contributed by atoms with Crippen molar-refractivity contribution in [2.45, 2.75) is 19.3 Å². The van der Waals surface area contributed by atoms with Crippen molar-refractivity contribution in [2.75, 3.05) is 12.0 Å². The van der Waals surface area contributed by atoms with E-state index in [1.54, 1.807) is 55.5 Å². The summed E-state index contributed by atoms with van der Waals surface area (Å²) in [6.07, 6.45) is -4.87. The number of nitrogens with zero attached hydrogens (tertiary/aromatic N) is 1. The first kappa shape index (κ1) is 23.9. The van der Waals surface area contributed by atoms with Crippen LogP contribution in [0.3, 0.4) is 0 Å². The number of Topliss-reactive ketones (excluding diaryl/α,β-unsaturated/α-hetero) is 1. The second-order valence-corrected chi connectivity index (χ2v) is 7.80. The lowest BCUT2D eigenvalue weighted by Gasteiger charge is -2.25. The maximum atomic E-state index is 13.2. The zero-order valence-electron chi connectivity index (χ0n) is 18.7. The summed E-state index contributed by atoms with van der Waals surface area (Å²) in [7, 11) is 1.50. The zero-order valence-corrected chi connectivity index (χ0v) is 18.7. The number of anilines is 1. The number of aryl methyl sites for hydroxylation is 1. The van der Waals surface area contributed by atoms with Gasteiger partial charge in [-0.05, 0) is 60.5 Å². The Balaban J connectivity index is 1.85. The molecular formula is C26H20F3NO5. The molecule has 4 rings (SSSR count). The predicted octanol–water partition coefficient (Wildman–Crippen LogP) is 5.53. The molecule has 1 N–H and O–H groups in total. The van der Waals surface area contributed by atoms with Crippen LogP contribution in [0.2, 0.25) is 0 Å². The summed E-state index contributed by atoms with van der Waals surface area (Å²) in [5.74, 6) is -2.11. The fourth-order valence-corrected chi connectivity index (χ4v) is 4.03. The van der Waals surface area contributed by atoms with E-state index in [0.29, 0.717) is 22.4 Å². The number of halogens is 3. The van der Waals surface area contributed by atoms with E-state index in [9.17, 15) is 27.9 Å². The lowest BCUT2D eigenvalue weighted by molar-refractivity contribution is -0.274. The quantitative estimate of drug-likeness (QED) is 0.294. The third-order valence-corrected chi connectivity index (χ3v) is 5.60. The van der Waals surface area contributed by atoms with Crippen molar-refractivity contribution in [1.82, 2.24) is 0 Å². The number of aliphatic hydroxyl groups excluding tert-OH is 1. The van der Waals surface area contributed by atoms with Gasteiger partial charge in [-0.15, -0.1) is 13.2 Å². The summed E-state index contributed by atoms with van der Waals surface area (Å²) >= 11 is 0. The van der Waals surface area contributed by atoms with Gasteiger partial charge in [0.1, 0.15) is 17.3 Å². The van der Waals surface area contributed by atoms with E-state index in [2.05, 4.69) is 4.74 Å². The molecule has 0 saturated carbocycles. The van der Waals surface area contributed by atoms with Crippen LogP contribution in [0.5, 0.6) is 11.5 Å². The number of carbonyl (C=O) groups is 2. The van der Waals surface area contributed by atoms with Crippen molar-refractivity contribution in [1.29, 1.82) is 0 Å². The molecule has 1 aliphatic rings. The highest BCUT2D eigenvalue weighted by Crippen LogP contribution is 2.43. The average Bonchev–Trinajstić information content (AvgIpc) is 3.09. The van der Waals surface area contributed by atoms with Crippen LogP contribution in [-0.2, 0) is 9.59 Å². The number of carbonyl (C=O) groups excluding carboxylic acids is 2. The summed E-state index contributed by atoms with van der Waals surface area (Å²) in [6.45, 7) is 1.73. The molecule has 1 saturated heterocycles. The Bertz CT molecular complexity index is 1300. The molecule has 0 aromatic heterocycles. The molecule has 1 amide bonds. The molecule has 35 heavy (non-hydrogen) atoms. The third kappa shape index (κ3) is 4.70. The molecule has 0 radical (unpaired) electrons. The Morgan fingerprint density at radius 2 is 1.57 bits per heavy atom. The maximum absolute atomic E-state index is 13.2. The number of ether oxygens (including phenoxy) is 2. The minimum atomic E-state index is -4.87. The number of hydrogen-bond acceptors (Lipinski definition) is 5. The van der Waals surface area contributed by atoms with Crippen LogP contribution < -0.4 is 14.4 Å². The zero-order chi connectivity index (χ0) is 25.3. The van der Waals surface area contributed by atoms with Crippen LogP contribution in [0.25, 0.3) is 5.76 Å². The summed E-state index contributed by atoms with van der Waals surface area (Å²) in [5, 5.41) is 11.2. The number of methoxy groups -OCH3 is 1. The minimum absolute atomic E-state index is 0.134. The predicted molar refractivity (Wildman–Crippen MR) is 122 cm³/mol. The number of amides is 1. The Labute approximate surface area is 198 Å². The molecule has 3 aromatic carbocycles. The van der Waals surface area contributed by atoms with Gasteiger partial charge in [0.25, 0.3) is 11.7 Å². The number of rotatable bonds is 5. The van der Waals surface area contributed by atoms with E-state index in [-0.39, 0.29) is 17.0 Å². The molecule has 9 heteroatoms. The lowest BCUT2D eigenvalue weighted by atomic mass is 9.94. The van der Waals surface area contributed by atoms with Gasteiger partial charge in [-0.25, -0.2) is 0 Å². The standard InChI is InChI=1S/C26H20F3NO5/c1-15-14-19(34-2)12-13-20(15)23(31)21-22(16-6-4-3-5-7-16)30(25(33)24(21)32)17-8-10-18(11-9-17)35-26(27,28)29/h3-14,22,31H,1-2H3/b23-21-. The van der Waals surface area contributed by atoms with Crippen LogP contribution in [-0.4, -0.2) is 30.3 Å². The molecular weight excluding hydrogens is 463 g/mol. The Hall–Kier alpha value is -4.27. The van der Waals surface area contributed by atoms with E-state index in [4.69, 9.17) is 4.74 Å². The van der Waals surface area contributed by atoms with Gasteiger partial charge >= 0.3 is 6.36 Å². The van der Waals surface area contributed by atoms with Gasteiger partial charge in [0.05, 0.1) is 18.7 Å². The summed E-state index contributed by atoms with van der Waals surface area (Å²) in [6, 6.07) is 17.1. The second kappa shape index (κ2) is 9.17. The SMILES string of the molecule is COc1ccc(/C(O)=C2/C(=O)C(=O)N(c3ccc(OC(F)(F)F)cc3)C2c2ccccc2)c(C)c1. The van der Waals surface area contributed by atoms with Gasteiger partial charge in [0.2, 0.25) is 0 Å². The number of hydrogen-bond donors (Lipinski definition) is 1. The van der Waals surface area contributed by atoms with Crippen LogP contribution in [0.4, 0.5) is 18.9 Å². The van der Waals surface area contributed by atoms with E-state index < -0.39 is 29.8 Å². The summed E-state index contributed by atoms with van der Waals surface area (Å²) in [4.78, 5) is 27.5. The van der Waals surface area contributed by atoms with E-state index in [1.165, 1.54) is 19.2 Å². The van der Waals surface area contributed by atoms with E-state index in [1.807, 2.05) is 0 Å². The fourth-order valence-electron chi connectivity index (χ4n) is 4.03. The van der Waals surface area contributed by atoms with Crippen LogP contribution in [0.15, 0.2) is 78.4 Å². The molecule has 0 spiro atoms. The first-order valence-corrected chi connectivity index (χ1v) is 10.5. The first-order valence-electron chi connectivity index (χ1n) is 10.5. The molecule has 1 atom stereocenters. The van der Waals surface area contributed by atoms with Crippen LogP contribution in [0, 0.1) is 6.92 Å². The van der Waals surface area contributed by atoms with Crippen molar-refractivity contribution >= 4 is 23.1 Å². The Morgan fingerprint density at radius 3 is 2.14 bits per heavy atom. The molecule has 6 nitrogen and oxygen atoms in total. The molecule has 180 valence electrons. The Kier molecular flexibility index (Phi) is 6.26. The van der Waals surface area contributed by atoms with Gasteiger partial charge in [0.15, 0.2) is 0 Å². The number of aliphatic hydroxyl groups is 1. The van der Waals surface area contributed by atoms with Crippen molar-refractivity contribution in [2.24, 2.45) is 0 Å². The smallest absolute Gasteiger partial charge is 0.507 e. The second-order valence-electron chi connectivity index (χ2n) is 7.80. The van der Waals surface area contributed by atoms with Crippen LogP contribution in [0.1, 0.15) is 22.7 Å². The number of alkyl halides is 3. The molecule has 1 fully saturated rings. The van der Waals surface area contributed by atoms with Crippen molar-refractivity contribution in [3.63, 3.8) is 0 Å². The van der Waals surface area contributed by atoms with Crippen LogP contribution >= 0.6 is 0 Å². The topological polar surface area (TPSA) is 76.1 Å². The maximum Gasteiger partial charge on any atom is 0.573 e. The normalized spacial score (nSPS) is 17.5. The van der Waals surface area contributed by atoms with Gasteiger partial charge < -0.3 is 14.6 Å². The number of benzene rings is 3. The summed E-state index contributed by atoms with van der Waals surface area (Å²) in [5.41, 5.74) is 1.54.